The Balaban J connectivity index is 1.76. The summed E-state index contributed by atoms with van der Waals surface area (Å²) >= 11 is 0. The minimum atomic E-state index is -3.19. The highest BCUT2D eigenvalue weighted by atomic mass is 32.2. The Labute approximate surface area is 169 Å². The van der Waals surface area contributed by atoms with Gasteiger partial charge in [-0.2, -0.15) is 0 Å². The van der Waals surface area contributed by atoms with Gasteiger partial charge >= 0.3 is 0 Å². The van der Waals surface area contributed by atoms with E-state index in [0.717, 1.165) is 44.3 Å². The zero-order valence-electron chi connectivity index (χ0n) is 17.5. The molecule has 6 nitrogen and oxygen atoms in total. The number of hydrogen-bond donors (Lipinski definition) is 3. The van der Waals surface area contributed by atoms with E-state index in [9.17, 15) is 13.2 Å². The van der Waals surface area contributed by atoms with Crippen LogP contribution in [0.5, 0.6) is 0 Å². The lowest BCUT2D eigenvalue weighted by molar-refractivity contribution is 0.0939. The Morgan fingerprint density at radius 2 is 1.68 bits per heavy atom. The van der Waals surface area contributed by atoms with Crippen molar-refractivity contribution in [1.82, 2.24) is 10.0 Å². The maximum Gasteiger partial charge on any atom is 0.251 e. The van der Waals surface area contributed by atoms with Gasteiger partial charge in [0, 0.05) is 29.9 Å². The van der Waals surface area contributed by atoms with Crippen molar-refractivity contribution < 1.29 is 13.2 Å². The summed E-state index contributed by atoms with van der Waals surface area (Å²) in [5.74, 6) is 0.497. The quantitative estimate of drug-likeness (QED) is 0.582. The summed E-state index contributed by atoms with van der Waals surface area (Å²) in [6.07, 6.45) is 4.69. The van der Waals surface area contributed by atoms with Gasteiger partial charge in [0.05, 0.1) is 5.25 Å². The molecule has 1 aliphatic carbocycles. The standard InChI is InChI=1S/C21H35N3O3S/c1-5-16(4)23-21(25)18-8-12-19(13-9-18)22-14-17-6-10-20(11-7-17)24-28(26,27)15(2)3/h8-9,12-13,15-17,20,22,24H,5-7,10-11,14H2,1-4H3,(H,23,25). The van der Waals surface area contributed by atoms with Crippen molar-refractivity contribution in [3.63, 3.8) is 0 Å². The minimum Gasteiger partial charge on any atom is -0.385 e. The topological polar surface area (TPSA) is 87.3 Å². The van der Waals surface area contributed by atoms with Gasteiger partial charge in [0.15, 0.2) is 0 Å². The Morgan fingerprint density at radius 1 is 1.07 bits per heavy atom. The second kappa shape index (κ2) is 10.3. The monoisotopic (exact) mass is 409 g/mol. The van der Waals surface area contributed by atoms with Gasteiger partial charge in [-0.3, -0.25) is 4.79 Å². The van der Waals surface area contributed by atoms with Gasteiger partial charge in [-0.1, -0.05) is 6.92 Å². The van der Waals surface area contributed by atoms with E-state index in [4.69, 9.17) is 0 Å². The lowest BCUT2D eigenvalue weighted by Gasteiger charge is -2.29. The van der Waals surface area contributed by atoms with Crippen LogP contribution in [0.25, 0.3) is 0 Å². The minimum absolute atomic E-state index is 0.0388. The third-order valence-corrected chi connectivity index (χ3v) is 7.43. The van der Waals surface area contributed by atoms with Gasteiger partial charge < -0.3 is 10.6 Å². The lowest BCUT2D eigenvalue weighted by Crippen LogP contribution is -2.41. The van der Waals surface area contributed by atoms with Gasteiger partial charge in [0.25, 0.3) is 5.91 Å². The first-order valence-electron chi connectivity index (χ1n) is 10.4. The molecular formula is C21H35N3O3S. The first kappa shape index (κ1) is 22.7. The van der Waals surface area contributed by atoms with Crippen molar-refractivity contribution in [1.29, 1.82) is 0 Å². The highest BCUT2D eigenvalue weighted by Crippen LogP contribution is 2.25. The molecule has 2 rings (SSSR count). The number of nitrogens with one attached hydrogen (secondary N) is 3. The Morgan fingerprint density at radius 3 is 2.21 bits per heavy atom. The summed E-state index contributed by atoms with van der Waals surface area (Å²) in [7, 11) is -3.19. The molecule has 0 aliphatic heterocycles. The third-order valence-electron chi connectivity index (χ3n) is 5.53. The molecule has 0 heterocycles. The number of hydrogen-bond acceptors (Lipinski definition) is 4. The van der Waals surface area contributed by atoms with E-state index in [1.165, 1.54) is 0 Å². The molecule has 7 heteroatoms. The highest BCUT2D eigenvalue weighted by Gasteiger charge is 2.26. The SMILES string of the molecule is CCC(C)NC(=O)c1ccc(NCC2CCC(NS(=O)(=O)C(C)C)CC2)cc1. The molecule has 0 saturated heterocycles. The van der Waals surface area contributed by atoms with Crippen LogP contribution in [0.1, 0.15) is 70.2 Å². The molecule has 0 bridgehead atoms. The molecule has 3 N–H and O–H groups in total. The van der Waals surface area contributed by atoms with Gasteiger partial charge in [0.1, 0.15) is 0 Å². The fourth-order valence-electron chi connectivity index (χ4n) is 3.26. The molecule has 1 aromatic carbocycles. The number of carbonyl (C=O) groups is 1. The van der Waals surface area contributed by atoms with Gasteiger partial charge in [-0.15, -0.1) is 0 Å². The first-order chi connectivity index (χ1) is 13.2. The van der Waals surface area contributed by atoms with Crippen molar-refractivity contribution in [2.45, 2.75) is 77.1 Å². The molecule has 1 atom stereocenters. The molecule has 1 unspecified atom stereocenters. The van der Waals surface area contributed by atoms with E-state index < -0.39 is 10.0 Å². The van der Waals surface area contributed by atoms with Gasteiger partial charge in [-0.05, 0) is 83.1 Å². The number of anilines is 1. The second-order valence-electron chi connectivity index (χ2n) is 8.17. The van der Waals surface area contributed by atoms with Crippen LogP contribution in [0, 0.1) is 5.92 Å². The first-order valence-corrected chi connectivity index (χ1v) is 11.9. The zero-order chi connectivity index (χ0) is 20.7. The van der Waals surface area contributed by atoms with E-state index in [2.05, 4.69) is 15.4 Å². The van der Waals surface area contributed by atoms with E-state index in [1.54, 1.807) is 13.8 Å². The molecule has 28 heavy (non-hydrogen) atoms. The number of amides is 1. The third kappa shape index (κ3) is 6.78. The summed E-state index contributed by atoms with van der Waals surface area (Å²) in [6, 6.07) is 7.80. The fraction of sp³-hybridized carbons (Fsp3) is 0.667. The van der Waals surface area contributed by atoms with Crippen molar-refractivity contribution in [2.75, 3.05) is 11.9 Å². The molecule has 0 radical (unpaired) electrons. The van der Waals surface area contributed by atoms with Crippen LogP contribution < -0.4 is 15.4 Å². The Kier molecular flexibility index (Phi) is 8.31. The molecule has 158 valence electrons. The average molecular weight is 410 g/mol. The smallest absolute Gasteiger partial charge is 0.251 e. The highest BCUT2D eigenvalue weighted by molar-refractivity contribution is 7.90. The lowest BCUT2D eigenvalue weighted by atomic mass is 9.86. The normalized spacial score (nSPS) is 21.3. The summed E-state index contributed by atoms with van der Waals surface area (Å²) in [5.41, 5.74) is 1.67. The van der Waals surface area contributed by atoms with Crippen LogP contribution in [0.2, 0.25) is 0 Å². The molecule has 1 fully saturated rings. The number of benzene rings is 1. The fourth-order valence-corrected chi connectivity index (χ4v) is 4.24. The predicted octanol–water partition coefficient (Wildman–Crippen LogP) is 3.51. The molecule has 1 aromatic rings. The summed E-state index contributed by atoms with van der Waals surface area (Å²) in [5, 5.41) is 6.02. The van der Waals surface area contributed by atoms with Gasteiger partial charge in [0.2, 0.25) is 10.0 Å². The van der Waals surface area contributed by atoms with Crippen LogP contribution in [0.15, 0.2) is 24.3 Å². The van der Waals surface area contributed by atoms with Crippen molar-refractivity contribution in [2.24, 2.45) is 5.92 Å². The molecule has 1 amide bonds. The largest absolute Gasteiger partial charge is 0.385 e. The van der Waals surface area contributed by atoms with Crippen LogP contribution in [0.4, 0.5) is 5.69 Å². The predicted molar refractivity (Wildman–Crippen MR) is 115 cm³/mol. The summed E-state index contributed by atoms with van der Waals surface area (Å²) in [4.78, 5) is 12.1. The van der Waals surface area contributed by atoms with Crippen LogP contribution in [0.3, 0.4) is 0 Å². The molecule has 0 spiro atoms. The molecular weight excluding hydrogens is 374 g/mol. The second-order valence-corrected chi connectivity index (χ2v) is 10.4. The van der Waals surface area contributed by atoms with Gasteiger partial charge in [-0.25, -0.2) is 13.1 Å². The zero-order valence-corrected chi connectivity index (χ0v) is 18.3. The van der Waals surface area contributed by atoms with E-state index >= 15 is 0 Å². The number of rotatable bonds is 9. The van der Waals surface area contributed by atoms with E-state index in [-0.39, 0.29) is 23.2 Å². The molecule has 1 saturated carbocycles. The summed E-state index contributed by atoms with van der Waals surface area (Å²) < 4.78 is 26.8. The maximum atomic E-state index is 12.1. The molecule has 1 aliphatic rings. The number of carbonyl (C=O) groups excluding carboxylic acids is 1. The van der Waals surface area contributed by atoms with E-state index in [0.29, 0.717) is 11.5 Å². The van der Waals surface area contributed by atoms with E-state index in [1.807, 2.05) is 38.1 Å². The number of sulfonamides is 1. The van der Waals surface area contributed by atoms with Crippen molar-refractivity contribution >= 4 is 21.6 Å². The Hall–Kier alpha value is -1.60. The average Bonchev–Trinajstić information content (AvgIpc) is 2.67. The molecule has 0 aromatic heterocycles. The van der Waals surface area contributed by atoms with Crippen LogP contribution in [-0.4, -0.2) is 38.2 Å². The van der Waals surface area contributed by atoms with Crippen LogP contribution in [-0.2, 0) is 10.0 Å². The van der Waals surface area contributed by atoms with Crippen molar-refractivity contribution in [3.05, 3.63) is 29.8 Å². The maximum absolute atomic E-state index is 12.1. The van der Waals surface area contributed by atoms with Crippen LogP contribution >= 0.6 is 0 Å². The van der Waals surface area contributed by atoms with Crippen molar-refractivity contribution in [3.8, 4) is 0 Å². The Bertz CT molecular complexity index is 724. The summed E-state index contributed by atoms with van der Waals surface area (Å²) in [6.45, 7) is 8.32.